The summed E-state index contributed by atoms with van der Waals surface area (Å²) >= 11 is 0.931. The summed E-state index contributed by atoms with van der Waals surface area (Å²) < 4.78 is 134. The van der Waals surface area contributed by atoms with Gasteiger partial charge in [0.2, 0.25) is 0 Å². The Bertz CT molecular complexity index is 1590. The second kappa shape index (κ2) is 12.2. The minimum Gasteiger partial charge on any atom is -0.481 e. The number of hydrogen-bond acceptors (Lipinski definition) is 3. The van der Waals surface area contributed by atoms with E-state index in [2.05, 4.69) is 5.32 Å². The second-order valence-electron chi connectivity index (χ2n) is 9.21. The van der Waals surface area contributed by atoms with E-state index in [0.717, 1.165) is 34.7 Å². The van der Waals surface area contributed by atoms with Gasteiger partial charge in [-0.2, -0.15) is 39.5 Å². The van der Waals surface area contributed by atoms with Crippen LogP contribution in [-0.4, -0.2) is 35.2 Å². The number of rotatable bonds is 7. The first-order valence-electron chi connectivity index (χ1n) is 11.9. The largest absolute Gasteiger partial charge is 0.481 e. The summed E-state index contributed by atoms with van der Waals surface area (Å²) in [4.78, 5) is 36.8. The average Bonchev–Trinajstić information content (AvgIpc) is 2.91. The van der Waals surface area contributed by atoms with Crippen LogP contribution in [0.5, 0.6) is 0 Å². The highest BCUT2D eigenvalue weighted by molar-refractivity contribution is 14.1. The maximum Gasteiger partial charge on any atom is 0.435 e. The van der Waals surface area contributed by atoms with Gasteiger partial charge in [0, 0.05) is 25.9 Å². The van der Waals surface area contributed by atoms with Crippen molar-refractivity contribution in [3.63, 3.8) is 0 Å². The van der Waals surface area contributed by atoms with E-state index in [-0.39, 0.29) is 17.3 Å². The molecule has 0 aliphatic heterocycles. The summed E-state index contributed by atoms with van der Waals surface area (Å²) in [7, 11) is 0. The summed E-state index contributed by atoms with van der Waals surface area (Å²) in [5, 5.41) is 13.4. The maximum absolute atomic E-state index is 14.5. The molecular weight excluding hydrogens is 733 g/mol. The number of halogens is 11. The number of carbonyl (C=O) groups is 3. The number of anilines is 2. The van der Waals surface area contributed by atoms with Crippen molar-refractivity contribution in [3.8, 4) is 0 Å². The van der Waals surface area contributed by atoms with E-state index in [1.165, 1.54) is 43.3 Å². The van der Waals surface area contributed by atoms with Gasteiger partial charge >= 0.3 is 30.2 Å². The molecule has 1 unspecified atom stereocenters. The Kier molecular flexibility index (Phi) is 9.62. The molecule has 0 aliphatic rings. The van der Waals surface area contributed by atoms with E-state index in [1.807, 2.05) is 0 Å². The monoisotopic (exact) mass is 750 g/mol. The minimum atomic E-state index is -6.68. The van der Waals surface area contributed by atoms with Crippen molar-refractivity contribution in [1.82, 2.24) is 0 Å². The Labute approximate surface area is 254 Å². The van der Waals surface area contributed by atoms with Crippen LogP contribution in [0.1, 0.15) is 50.2 Å². The zero-order chi connectivity index (χ0) is 33.4. The molecule has 0 radical (unpaired) electrons. The van der Waals surface area contributed by atoms with E-state index in [4.69, 9.17) is 0 Å². The molecule has 3 aromatic rings. The van der Waals surface area contributed by atoms with Crippen molar-refractivity contribution in [2.75, 3.05) is 10.6 Å². The Morgan fingerprint density at radius 1 is 0.750 bits per heavy atom. The topological polar surface area (TPSA) is 95.5 Å². The highest BCUT2D eigenvalue weighted by Crippen LogP contribution is 2.54. The van der Waals surface area contributed by atoms with Gasteiger partial charge in [-0.05, 0) is 77.5 Å². The van der Waals surface area contributed by atoms with Crippen molar-refractivity contribution >= 4 is 51.7 Å². The molecule has 44 heavy (non-hydrogen) atoms. The summed E-state index contributed by atoms with van der Waals surface area (Å²) in [5.74, 6) is -4.16. The van der Waals surface area contributed by atoms with Gasteiger partial charge in [-0.3, -0.25) is 14.4 Å². The molecule has 0 spiro atoms. The molecule has 0 saturated carbocycles. The summed E-state index contributed by atoms with van der Waals surface area (Å²) in [6.45, 7) is 1.39. The van der Waals surface area contributed by atoms with Crippen LogP contribution < -0.4 is 10.6 Å². The molecule has 17 heteroatoms. The highest BCUT2D eigenvalue weighted by Gasteiger charge is 2.73. The quantitative estimate of drug-likeness (QED) is 0.167. The first-order chi connectivity index (χ1) is 20.1. The number of aliphatic carboxylic acids is 1. The fourth-order valence-electron chi connectivity index (χ4n) is 3.86. The van der Waals surface area contributed by atoms with Crippen LogP contribution in [0.15, 0.2) is 60.7 Å². The molecule has 0 aliphatic carbocycles. The molecule has 0 bridgehead atoms. The first kappa shape index (κ1) is 34.6. The lowest BCUT2D eigenvalue weighted by Gasteiger charge is -2.31. The second-order valence-corrected chi connectivity index (χ2v) is 10.4. The Balaban J connectivity index is 1.96. The lowest BCUT2D eigenvalue weighted by Crippen LogP contribution is -2.50. The number of alkyl halides is 10. The fourth-order valence-corrected chi connectivity index (χ4v) is 4.62. The molecule has 1 atom stereocenters. The first-order valence-corrected chi connectivity index (χ1v) is 12.9. The van der Waals surface area contributed by atoms with E-state index in [1.54, 1.807) is 5.32 Å². The molecule has 2 amide bonds. The predicted octanol–water partition coefficient (Wildman–Crippen LogP) is 8.29. The van der Waals surface area contributed by atoms with Gasteiger partial charge in [0.25, 0.3) is 11.8 Å². The Morgan fingerprint density at radius 3 is 1.80 bits per heavy atom. The van der Waals surface area contributed by atoms with Crippen molar-refractivity contribution in [1.29, 1.82) is 0 Å². The Morgan fingerprint density at radius 2 is 1.27 bits per heavy atom. The predicted molar refractivity (Wildman–Crippen MR) is 144 cm³/mol. The smallest absolute Gasteiger partial charge is 0.435 e. The van der Waals surface area contributed by atoms with Gasteiger partial charge in [-0.25, -0.2) is 4.39 Å². The molecule has 0 saturated heterocycles. The van der Waals surface area contributed by atoms with Crippen LogP contribution in [0.4, 0.5) is 55.3 Å². The number of nitrogens with one attached hydrogen (secondary N) is 2. The minimum absolute atomic E-state index is 0.0246. The van der Waals surface area contributed by atoms with Gasteiger partial charge in [0.15, 0.2) is 0 Å². The van der Waals surface area contributed by atoms with Gasteiger partial charge in [0.1, 0.15) is 0 Å². The van der Waals surface area contributed by atoms with E-state index >= 15 is 0 Å². The van der Waals surface area contributed by atoms with Crippen molar-refractivity contribution < 1.29 is 63.4 Å². The third-order valence-corrected chi connectivity index (χ3v) is 7.07. The number of carboxylic acid groups (broad SMARTS) is 1. The number of amides is 2. The van der Waals surface area contributed by atoms with Crippen molar-refractivity contribution in [2.24, 2.45) is 0 Å². The van der Waals surface area contributed by atoms with Gasteiger partial charge in [-0.15, -0.1) is 0 Å². The van der Waals surface area contributed by atoms with Gasteiger partial charge in [-0.1, -0.05) is 18.2 Å². The lowest BCUT2D eigenvalue weighted by atomic mass is 9.92. The van der Waals surface area contributed by atoms with Crippen LogP contribution in [0.3, 0.4) is 0 Å². The molecular formula is C27H17F10IN2O4. The SMILES string of the molecule is CC(C(=O)O)c1cccc(C(=O)Nc2cccc(C(=O)Nc3c(I)cc(C(F)(C(F)(F)F)C(F)(F)F)cc3C(F)(F)F)c2)c1. The number of carboxylic acids is 1. The number of benzene rings is 3. The zero-order valence-corrected chi connectivity index (χ0v) is 23.8. The van der Waals surface area contributed by atoms with Crippen LogP contribution >= 0.6 is 22.6 Å². The summed E-state index contributed by atoms with van der Waals surface area (Å²) in [6, 6.07) is 9.36. The van der Waals surface area contributed by atoms with E-state index in [9.17, 15) is 63.4 Å². The normalized spacial score (nSPS) is 13.3. The highest BCUT2D eigenvalue weighted by atomic mass is 127. The Hall–Kier alpha value is -3.90. The molecule has 0 fully saturated rings. The number of hydrogen-bond donors (Lipinski definition) is 3. The van der Waals surface area contributed by atoms with Gasteiger partial charge < -0.3 is 15.7 Å². The van der Waals surface area contributed by atoms with Crippen molar-refractivity contribution in [3.05, 3.63) is 92.1 Å². The standard InChI is InChI=1S/C27H17F10IN2O4/c1-12(23(43)44)13-4-2-5-14(8-13)21(41)39-17-7-3-6-15(9-17)22(42)40-20-18(25(29,30)31)10-16(11-19(20)38)24(28,26(32,33)34)27(35,36)37/h2-12H,1H3,(H,39,41)(H,40,42)(H,43,44). The van der Waals surface area contributed by atoms with Crippen LogP contribution in [-0.2, 0) is 16.6 Å². The van der Waals surface area contributed by atoms with Crippen LogP contribution in [0.2, 0.25) is 0 Å². The summed E-state index contributed by atoms with van der Waals surface area (Å²) in [6.07, 6.45) is -19.0. The molecule has 0 aromatic heterocycles. The molecule has 3 aromatic carbocycles. The van der Waals surface area contributed by atoms with Crippen LogP contribution in [0.25, 0.3) is 0 Å². The molecule has 3 N–H and O–H groups in total. The molecule has 0 heterocycles. The van der Waals surface area contributed by atoms with E-state index in [0.29, 0.717) is 5.56 Å². The maximum atomic E-state index is 14.5. The lowest BCUT2D eigenvalue weighted by molar-refractivity contribution is -0.348. The average molecular weight is 750 g/mol. The molecule has 6 nitrogen and oxygen atoms in total. The molecule has 236 valence electrons. The summed E-state index contributed by atoms with van der Waals surface area (Å²) in [5.41, 5.74) is -12.1. The van der Waals surface area contributed by atoms with Gasteiger partial charge in [0.05, 0.1) is 17.2 Å². The van der Waals surface area contributed by atoms with Crippen molar-refractivity contribution in [2.45, 2.75) is 37.0 Å². The van der Waals surface area contributed by atoms with E-state index < -0.39 is 79.9 Å². The molecule has 3 rings (SSSR count). The third kappa shape index (κ3) is 7.07. The van der Waals surface area contributed by atoms with Crippen LogP contribution in [0, 0.1) is 3.57 Å². The fraction of sp³-hybridized carbons (Fsp3) is 0.222. The zero-order valence-electron chi connectivity index (χ0n) is 21.7. The number of carbonyl (C=O) groups excluding carboxylic acids is 2. The third-order valence-electron chi connectivity index (χ3n) is 6.22.